The van der Waals surface area contributed by atoms with Crippen LogP contribution in [0.15, 0.2) is 53.6 Å². The van der Waals surface area contributed by atoms with Crippen LogP contribution in [0.3, 0.4) is 0 Å². The number of hydrogen-bond acceptors (Lipinski definition) is 4. The van der Waals surface area contributed by atoms with Crippen molar-refractivity contribution in [1.29, 1.82) is 0 Å². The smallest absolute Gasteiger partial charge is 0.280 e. The molecule has 2 aromatic rings. The molecule has 128 valence electrons. The van der Waals surface area contributed by atoms with Gasteiger partial charge in [0.15, 0.2) is 6.10 Å². The van der Waals surface area contributed by atoms with E-state index >= 15 is 0 Å². The Bertz CT molecular complexity index is 782. The summed E-state index contributed by atoms with van der Waals surface area (Å²) < 4.78 is 10.9. The zero-order chi connectivity index (χ0) is 18.1. The van der Waals surface area contributed by atoms with Gasteiger partial charge in [0, 0.05) is 10.6 Å². The second-order valence-corrected chi connectivity index (χ2v) is 5.42. The van der Waals surface area contributed by atoms with Crippen molar-refractivity contribution in [2.45, 2.75) is 13.0 Å². The first-order chi connectivity index (χ1) is 12.1. The molecule has 2 rings (SSSR count). The summed E-state index contributed by atoms with van der Waals surface area (Å²) in [6.45, 7) is 1.78. The average Bonchev–Trinajstić information content (AvgIpc) is 2.62. The van der Waals surface area contributed by atoms with Crippen LogP contribution >= 0.6 is 11.6 Å². The van der Waals surface area contributed by atoms with Crippen LogP contribution in [-0.4, -0.2) is 24.8 Å². The molecule has 0 saturated carbocycles. The zero-order valence-corrected chi connectivity index (χ0v) is 14.4. The lowest BCUT2D eigenvalue weighted by molar-refractivity contribution is -0.127. The largest absolute Gasteiger partial charge is 0.481 e. The molecule has 0 saturated heterocycles. The topological polar surface area (TPSA) is 59.9 Å². The van der Waals surface area contributed by atoms with Crippen LogP contribution in [0, 0.1) is 12.3 Å². The van der Waals surface area contributed by atoms with Gasteiger partial charge in [-0.25, -0.2) is 5.43 Å². The maximum atomic E-state index is 12.0. The van der Waals surface area contributed by atoms with Crippen LogP contribution in [-0.2, 0) is 4.79 Å². The normalized spacial score (nSPS) is 11.6. The molecule has 0 radical (unpaired) electrons. The zero-order valence-electron chi connectivity index (χ0n) is 13.6. The number of carbonyl (C=O) groups is 1. The molecule has 0 heterocycles. The molecule has 1 N–H and O–H groups in total. The molecular formula is C19H17ClN2O3. The molecule has 0 unspecified atom stereocenters. The number of amides is 1. The first-order valence-corrected chi connectivity index (χ1v) is 7.88. The number of nitrogens with zero attached hydrogens (tertiary/aromatic N) is 1. The Morgan fingerprint density at radius 3 is 2.76 bits per heavy atom. The minimum absolute atomic E-state index is 0.156. The van der Waals surface area contributed by atoms with Crippen molar-refractivity contribution in [3.05, 3.63) is 59.1 Å². The van der Waals surface area contributed by atoms with E-state index in [1.54, 1.807) is 43.3 Å². The average molecular weight is 357 g/mol. The van der Waals surface area contributed by atoms with Gasteiger partial charge in [-0.15, -0.1) is 6.42 Å². The highest BCUT2D eigenvalue weighted by Crippen LogP contribution is 2.17. The number of hydrazone groups is 1. The lowest BCUT2D eigenvalue weighted by Crippen LogP contribution is -2.33. The minimum Gasteiger partial charge on any atom is -0.481 e. The quantitative estimate of drug-likeness (QED) is 0.470. The van der Waals surface area contributed by atoms with Gasteiger partial charge in [-0.3, -0.25) is 4.79 Å². The van der Waals surface area contributed by atoms with Crippen LogP contribution in [0.2, 0.25) is 5.02 Å². The van der Waals surface area contributed by atoms with E-state index in [9.17, 15) is 4.79 Å². The number of benzene rings is 2. The molecule has 0 spiro atoms. The van der Waals surface area contributed by atoms with E-state index in [0.717, 1.165) is 0 Å². The second kappa shape index (κ2) is 9.36. The monoisotopic (exact) mass is 356 g/mol. The van der Waals surface area contributed by atoms with E-state index in [1.165, 1.54) is 6.21 Å². The van der Waals surface area contributed by atoms with Crippen molar-refractivity contribution in [3.63, 3.8) is 0 Å². The van der Waals surface area contributed by atoms with Crippen LogP contribution in [0.1, 0.15) is 12.5 Å². The SMILES string of the molecule is C#CCOc1ccccc1/C=N\NC(=O)[C@@H](C)Oc1ccc(Cl)cc1. The summed E-state index contributed by atoms with van der Waals surface area (Å²) in [6.07, 6.45) is 5.95. The molecule has 0 fully saturated rings. The van der Waals surface area contributed by atoms with Crippen LogP contribution in [0.25, 0.3) is 0 Å². The lowest BCUT2D eigenvalue weighted by Gasteiger charge is -2.12. The van der Waals surface area contributed by atoms with E-state index in [-0.39, 0.29) is 12.5 Å². The highest BCUT2D eigenvalue weighted by Gasteiger charge is 2.13. The summed E-state index contributed by atoms with van der Waals surface area (Å²) in [5.74, 6) is 3.15. The number of hydrogen-bond donors (Lipinski definition) is 1. The Morgan fingerprint density at radius 2 is 2.04 bits per heavy atom. The third kappa shape index (κ3) is 5.87. The first kappa shape index (κ1) is 18.4. The molecule has 25 heavy (non-hydrogen) atoms. The molecule has 2 aromatic carbocycles. The first-order valence-electron chi connectivity index (χ1n) is 7.50. The molecule has 0 bridgehead atoms. The molecule has 0 aliphatic carbocycles. The van der Waals surface area contributed by atoms with Gasteiger partial charge in [0.1, 0.15) is 18.1 Å². The highest BCUT2D eigenvalue weighted by atomic mass is 35.5. The van der Waals surface area contributed by atoms with Crippen molar-refractivity contribution in [2.24, 2.45) is 5.10 Å². The van der Waals surface area contributed by atoms with Crippen LogP contribution in [0.5, 0.6) is 11.5 Å². The maximum absolute atomic E-state index is 12.0. The number of carbonyl (C=O) groups excluding carboxylic acids is 1. The maximum Gasteiger partial charge on any atom is 0.280 e. The predicted octanol–water partition coefficient (Wildman–Crippen LogP) is 3.27. The molecule has 5 nitrogen and oxygen atoms in total. The number of terminal acetylenes is 1. The van der Waals surface area contributed by atoms with Gasteiger partial charge >= 0.3 is 0 Å². The summed E-state index contributed by atoms with van der Waals surface area (Å²) >= 11 is 5.81. The van der Waals surface area contributed by atoms with E-state index in [2.05, 4.69) is 16.4 Å². The van der Waals surface area contributed by atoms with Gasteiger partial charge in [0.2, 0.25) is 0 Å². The molecule has 1 amide bonds. The molecular weight excluding hydrogens is 340 g/mol. The number of halogens is 1. The summed E-state index contributed by atoms with van der Waals surface area (Å²) in [7, 11) is 0. The van der Waals surface area contributed by atoms with Crippen molar-refractivity contribution >= 4 is 23.7 Å². The second-order valence-electron chi connectivity index (χ2n) is 4.98. The molecule has 6 heteroatoms. The Balaban J connectivity index is 1.91. The molecule has 0 aliphatic rings. The fraction of sp³-hybridized carbons (Fsp3) is 0.158. The van der Waals surface area contributed by atoms with E-state index < -0.39 is 6.10 Å². The number of nitrogens with one attached hydrogen (secondary N) is 1. The Hall–Kier alpha value is -2.97. The minimum atomic E-state index is -0.716. The van der Waals surface area contributed by atoms with Gasteiger partial charge in [-0.2, -0.15) is 5.10 Å². The fourth-order valence-electron chi connectivity index (χ4n) is 1.87. The summed E-state index contributed by atoms with van der Waals surface area (Å²) in [6, 6.07) is 14.0. The number of para-hydroxylation sites is 1. The molecule has 0 aliphatic heterocycles. The Labute approximate surface area is 151 Å². The van der Waals surface area contributed by atoms with Gasteiger partial charge in [0.25, 0.3) is 5.91 Å². The van der Waals surface area contributed by atoms with Crippen molar-refractivity contribution in [3.8, 4) is 23.8 Å². The van der Waals surface area contributed by atoms with Gasteiger partial charge in [-0.1, -0.05) is 29.7 Å². The Morgan fingerprint density at radius 1 is 1.32 bits per heavy atom. The highest BCUT2D eigenvalue weighted by molar-refractivity contribution is 6.30. The molecule has 0 aromatic heterocycles. The number of ether oxygens (including phenoxy) is 2. The summed E-state index contributed by atoms with van der Waals surface area (Å²) in [5.41, 5.74) is 3.13. The van der Waals surface area contributed by atoms with E-state index in [4.69, 9.17) is 27.5 Å². The van der Waals surface area contributed by atoms with Crippen molar-refractivity contribution in [1.82, 2.24) is 5.43 Å². The van der Waals surface area contributed by atoms with Gasteiger partial charge in [-0.05, 0) is 43.3 Å². The fourth-order valence-corrected chi connectivity index (χ4v) is 1.99. The Kier molecular flexibility index (Phi) is 6.87. The van der Waals surface area contributed by atoms with Crippen LogP contribution in [0.4, 0.5) is 0 Å². The summed E-state index contributed by atoms with van der Waals surface area (Å²) in [5, 5.41) is 4.53. The van der Waals surface area contributed by atoms with Gasteiger partial charge < -0.3 is 9.47 Å². The van der Waals surface area contributed by atoms with Crippen LogP contribution < -0.4 is 14.9 Å². The van der Waals surface area contributed by atoms with Gasteiger partial charge in [0.05, 0.1) is 6.21 Å². The molecule has 1 atom stereocenters. The predicted molar refractivity (Wildman–Crippen MR) is 98.0 cm³/mol. The van der Waals surface area contributed by atoms with E-state index in [0.29, 0.717) is 22.1 Å². The third-order valence-corrected chi connectivity index (χ3v) is 3.36. The van der Waals surface area contributed by atoms with Crippen molar-refractivity contribution < 1.29 is 14.3 Å². The van der Waals surface area contributed by atoms with Crippen molar-refractivity contribution in [2.75, 3.05) is 6.61 Å². The summed E-state index contributed by atoms with van der Waals surface area (Å²) in [4.78, 5) is 12.0. The third-order valence-electron chi connectivity index (χ3n) is 3.10. The standard InChI is InChI=1S/C19H17ClN2O3/c1-3-12-24-18-7-5-4-6-15(18)13-21-22-19(23)14(2)25-17-10-8-16(20)9-11-17/h1,4-11,13-14H,12H2,2H3,(H,22,23)/b21-13-/t14-/m1/s1. The van der Waals surface area contributed by atoms with E-state index in [1.807, 2.05) is 12.1 Å². The lowest BCUT2D eigenvalue weighted by atomic mass is 10.2. The number of rotatable bonds is 7.